The molecule has 1 amide bonds. The number of hydrogen-bond donors (Lipinski definition) is 2. The first-order valence-electron chi connectivity index (χ1n) is 6.68. The summed E-state index contributed by atoms with van der Waals surface area (Å²) in [4.78, 5) is 21.7. The lowest BCUT2D eigenvalue weighted by atomic mass is 10.2. The minimum atomic E-state index is -0.820. The largest absolute Gasteiger partial charge is 0.383 e. The van der Waals surface area contributed by atoms with E-state index in [9.17, 15) is 23.7 Å². The predicted molar refractivity (Wildman–Crippen MR) is 80.3 cm³/mol. The Morgan fingerprint density at radius 1 is 1.04 bits per heavy atom. The number of halogens is 2. The first-order valence-corrected chi connectivity index (χ1v) is 6.68. The molecule has 0 fully saturated rings. The third kappa shape index (κ3) is 4.73. The summed E-state index contributed by atoms with van der Waals surface area (Å²) in [5.41, 5.74) is 0.538. The molecule has 0 radical (unpaired) electrons. The molecule has 0 aliphatic rings. The SMILES string of the molecule is O=C(NCCNc1ccc([N+](=O)[O-])cc1)c1cc(F)cc(F)c1. The summed E-state index contributed by atoms with van der Waals surface area (Å²) in [6.45, 7) is 0.565. The van der Waals surface area contributed by atoms with Crippen molar-refractivity contribution in [1.82, 2.24) is 5.32 Å². The fourth-order valence-corrected chi connectivity index (χ4v) is 1.87. The molecule has 120 valence electrons. The van der Waals surface area contributed by atoms with Gasteiger partial charge in [0.2, 0.25) is 0 Å². The summed E-state index contributed by atoms with van der Waals surface area (Å²) in [5.74, 6) is -2.23. The van der Waals surface area contributed by atoms with Crippen LogP contribution < -0.4 is 10.6 Å². The highest BCUT2D eigenvalue weighted by Gasteiger charge is 2.08. The number of nitro groups is 1. The van der Waals surface area contributed by atoms with Crippen LogP contribution in [-0.4, -0.2) is 23.9 Å². The third-order valence-corrected chi connectivity index (χ3v) is 2.94. The molecular formula is C15H13F2N3O3. The fraction of sp³-hybridized carbons (Fsp3) is 0.133. The average Bonchev–Trinajstić information content (AvgIpc) is 2.50. The monoisotopic (exact) mass is 321 g/mol. The molecule has 23 heavy (non-hydrogen) atoms. The van der Waals surface area contributed by atoms with E-state index >= 15 is 0 Å². The zero-order valence-electron chi connectivity index (χ0n) is 11.9. The molecule has 2 N–H and O–H groups in total. The fourth-order valence-electron chi connectivity index (χ4n) is 1.87. The van der Waals surface area contributed by atoms with Crippen LogP contribution in [0.25, 0.3) is 0 Å². The van der Waals surface area contributed by atoms with Gasteiger partial charge in [-0.1, -0.05) is 0 Å². The molecule has 2 aromatic rings. The van der Waals surface area contributed by atoms with Crippen molar-refractivity contribution in [2.24, 2.45) is 0 Å². The van der Waals surface area contributed by atoms with E-state index in [0.29, 0.717) is 18.3 Å². The smallest absolute Gasteiger partial charge is 0.269 e. The van der Waals surface area contributed by atoms with Gasteiger partial charge < -0.3 is 10.6 Å². The van der Waals surface area contributed by atoms with Crippen LogP contribution in [0, 0.1) is 21.7 Å². The summed E-state index contributed by atoms with van der Waals surface area (Å²) in [7, 11) is 0. The van der Waals surface area contributed by atoms with Crippen molar-refractivity contribution in [3.63, 3.8) is 0 Å². The molecule has 0 bridgehead atoms. The number of rotatable bonds is 6. The van der Waals surface area contributed by atoms with Crippen LogP contribution in [0.5, 0.6) is 0 Å². The van der Waals surface area contributed by atoms with Gasteiger partial charge in [0.25, 0.3) is 11.6 Å². The average molecular weight is 321 g/mol. The van der Waals surface area contributed by atoms with Crippen LogP contribution in [0.1, 0.15) is 10.4 Å². The van der Waals surface area contributed by atoms with E-state index in [-0.39, 0.29) is 17.8 Å². The van der Waals surface area contributed by atoms with Crippen molar-refractivity contribution >= 4 is 17.3 Å². The van der Waals surface area contributed by atoms with E-state index < -0.39 is 22.5 Å². The quantitative estimate of drug-likeness (QED) is 0.487. The number of non-ortho nitro benzene ring substituents is 1. The highest BCUT2D eigenvalue weighted by molar-refractivity contribution is 5.94. The molecule has 0 spiro atoms. The van der Waals surface area contributed by atoms with Gasteiger partial charge in [0.05, 0.1) is 4.92 Å². The zero-order chi connectivity index (χ0) is 16.8. The zero-order valence-corrected chi connectivity index (χ0v) is 11.9. The Morgan fingerprint density at radius 3 is 2.22 bits per heavy atom. The Hall–Kier alpha value is -3.03. The van der Waals surface area contributed by atoms with Crippen LogP contribution in [0.3, 0.4) is 0 Å². The second kappa shape index (κ2) is 7.30. The first kappa shape index (κ1) is 16.3. The molecule has 2 rings (SSSR count). The lowest BCUT2D eigenvalue weighted by Gasteiger charge is -2.08. The Kier molecular flexibility index (Phi) is 5.19. The third-order valence-electron chi connectivity index (χ3n) is 2.94. The van der Waals surface area contributed by atoms with E-state index in [4.69, 9.17) is 0 Å². The van der Waals surface area contributed by atoms with E-state index in [1.165, 1.54) is 12.1 Å². The van der Waals surface area contributed by atoms with Gasteiger partial charge in [-0.05, 0) is 24.3 Å². The van der Waals surface area contributed by atoms with Crippen LogP contribution in [-0.2, 0) is 0 Å². The van der Waals surface area contributed by atoms with E-state index in [0.717, 1.165) is 12.1 Å². The van der Waals surface area contributed by atoms with Crippen LogP contribution >= 0.6 is 0 Å². The molecular weight excluding hydrogens is 308 g/mol. The second-order valence-electron chi connectivity index (χ2n) is 4.64. The van der Waals surface area contributed by atoms with Crippen LogP contribution in [0.4, 0.5) is 20.2 Å². The van der Waals surface area contributed by atoms with Crippen molar-refractivity contribution in [3.05, 3.63) is 69.8 Å². The van der Waals surface area contributed by atoms with E-state index in [2.05, 4.69) is 10.6 Å². The maximum Gasteiger partial charge on any atom is 0.269 e. The minimum Gasteiger partial charge on any atom is -0.383 e. The maximum absolute atomic E-state index is 13.0. The Labute approximate surface area is 130 Å². The molecule has 6 nitrogen and oxygen atoms in total. The normalized spacial score (nSPS) is 10.2. The summed E-state index contributed by atoms with van der Waals surface area (Å²) in [6, 6.07) is 8.38. The van der Waals surface area contributed by atoms with Gasteiger partial charge in [-0.25, -0.2) is 8.78 Å². The lowest BCUT2D eigenvalue weighted by molar-refractivity contribution is -0.384. The van der Waals surface area contributed by atoms with Crippen molar-refractivity contribution in [1.29, 1.82) is 0 Å². The second-order valence-corrected chi connectivity index (χ2v) is 4.64. The van der Waals surface area contributed by atoms with E-state index in [1.807, 2.05) is 0 Å². The summed E-state index contributed by atoms with van der Waals surface area (Å²) >= 11 is 0. The number of nitrogens with one attached hydrogen (secondary N) is 2. The number of carbonyl (C=O) groups excluding carboxylic acids is 1. The van der Waals surface area contributed by atoms with Gasteiger partial charge in [0.1, 0.15) is 11.6 Å². The minimum absolute atomic E-state index is 0.0167. The molecule has 0 heterocycles. The summed E-state index contributed by atoms with van der Waals surface area (Å²) < 4.78 is 26.0. The molecule has 0 saturated heterocycles. The van der Waals surface area contributed by atoms with Crippen molar-refractivity contribution in [3.8, 4) is 0 Å². The van der Waals surface area contributed by atoms with Gasteiger partial charge in [-0.15, -0.1) is 0 Å². The topological polar surface area (TPSA) is 84.3 Å². The molecule has 8 heteroatoms. The molecule has 0 aliphatic carbocycles. The number of amides is 1. The molecule has 0 aromatic heterocycles. The lowest BCUT2D eigenvalue weighted by Crippen LogP contribution is -2.28. The van der Waals surface area contributed by atoms with Crippen molar-refractivity contribution in [2.75, 3.05) is 18.4 Å². The Balaban J connectivity index is 1.80. The maximum atomic E-state index is 13.0. The predicted octanol–water partition coefficient (Wildman–Crippen LogP) is 2.71. The molecule has 0 unspecified atom stereocenters. The van der Waals surface area contributed by atoms with Crippen LogP contribution in [0.2, 0.25) is 0 Å². The molecule has 0 saturated carbocycles. The summed E-state index contributed by atoms with van der Waals surface area (Å²) in [6.07, 6.45) is 0. The van der Waals surface area contributed by atoms with Gasteiger partial charge in [0.15, 0.2) is 0 Å². The number of nitro benzene ring substituents is 1. The van der Waals surface area contributed by atoms with Crippen molar-refractivity contribution in [2.45, 2.75) is 0 Å². The number of carbonyl (C=O) groups is 1. The molecule has 2 aromatic carbocycles. The van der Waals surface area contributed by atoms with Crippen LogP contribution in [0.15, 0.2) is 42.5 Å². The van der Waals surface area contributed by atoms with E-state index in [1.54, 1.807) is 12.1 Å². The number of benzene rings is 2. The Bertz CT molecular complexity index is 700. The number of anilines is 1. The first-order chi connectivity index (χ1) is 11.0. The van der Waals surface area contributed by atoms with Crippen molar-refractivity contribution < 1.29 is 18.5 Å². The number of hydrogen-bond acceptors (Lipinski definition) is 4. The standard InChI is InChI=1S/C15H13F2N3O3/c16-11-7-10(8-12(17)9-11)15(21)19-6-5-18-13-1-3-14(4-2-13)20(22)23/h1-4,7-9,18H,5-6H2,(H,19,21). The Morgan fingerprint density at radius 2 is 1.65 bits per heavy atom. The van der Waals surface area contributed by atoms with Gasteiger partial charge in [0, 0.05) is 42.5 Å². The van der Waals surface area contributed by atoms with Gasteiger partial charge in [-0.3, -0.25) is 14.9 Å². The van der Waals surface area contributed by atoms with Gasteiger partial charge in [-0.2, -0.15) is 0 Å². The highest BCUT2D eigenvalue weighted by atomic mass is 19.1. The molecule has 0 aliphatic heterocycles. The van der Waals surface area contributed by atoms with Gasteiger partial charge >= 0.3 is 0 Å². The summed E-state index contributed by atoms with van der Waals surface area (Å²) in [5, 5.41) is 16.0. The molecule has 0 atom stereocenters. The highest BCUT2D eigenvalue weighted by Crippen LogP contribution is 2.14. The number of nitrogens with zero attached hydrogens (tertiary/aromatic N) is 1.